The monoisotopic (exact) mass is 288 g/mol. The smallest absolute Gasteiger partial charge is 0.273 e. The van der Waals surface area contributed by atoms with Crippen LogP contribution in [-0.4, -0.2) is 31.1 Å². The van der Waals surface area contributed by atoms with E-state index >= 15 is 0 Å². The lowest BCUT2D eigenvalue weighted by Gasteiger charge is -2.08. The molecule has 1 aromatic rings. The van der Waals surface area contributed by atoms with Crippen molar-refractivity contribution in [3.63, 3.8) is 0 Å². The number of hydrogen-bond donors (Lipinski definition) is 2. The van der Waals surface area contributed by atoms with Gasteiger partial charge in [-0.2, -0.15) is 0 Å². The molecular weight excluding hydrogens is 272 g/mol. The maximum absolute atomic E-state index is 11.9. The molecule has 0 saturated heterocycles. The van der Waals surface area contributed by atoms with E-state index < -0.39 is 21.1 Å². The van der Waals surface area contributed by atoms with Crippen LogP contribution in [0.5, 0.6) is 0 Å². The summed E-state index contributed by atoms with van der Waals surface area (Å²) in [5.41, 5.74) is 0.159. The molecule has 0 bridgehead atoms. The number of hydrogen-bond acceptors (Lipinski definition) is 5. The highest BCUT2D eigenvalue weighted by Crippen LogP contribution is 2.21. The maximum atomic E-state index is 11.9. The van der Waals surface area contributed by atoms with E-state index in [9.17, 15) is 18.5 Å². The van der Waals surface area contributed by atoms with E-state index in [1.807, 2.05) is 0 Å². The van der Waals surface area contributed by atoms with Crippen molar-refractivity contribution in [1.29, 1.82) is 0 Å². The number of nitro benzene ring substituents is 1. The van der Waals surface area contributed by atoms with Crippen molar-refractivity contribution in [2.45, 2.75) is 31.3 Å². The minimum absolute atomic E-state index is 0.0711. The third kappa shape index (κ3) is 4.27. The fourth-order valence-corrected chi connectivity index (χ4v) is 2.51. The second-order valence-corrected chi connectivity index (χ2v) is 6.01. The molecule has 0 fully saturated rings. The minimum Gasteiger partial charge on any atom is -0.393 e. The zero-order valence-electron chi connectivity index (χ0n) is 10.7. The molecule has 19 heavy (non-hydrogen) atoms. The molecule has 0 spiro atoms. The zero-order valence-corrected chi connectivity index (χ0v) is 11.5. The molecule has 1 rings (SSSR count). The number of aliphatic hydroxyl groups excluding tert-OH is 1. The van der Waals surface area contributed by atoms with E-state index in [1.54, 1.807) is 6.92 Å². The first kappa shape index (κ1) is 15.5. The van der Waals surface area contributed by atoms with Gasteiger partial charge >= 0.3 is 0 Å². The highest BCUT2D eigenvalue weighted by atomic mass is 32.2. The summed E-state index contributed by atoms with van der Waals surface area (Å²) >= 11 is 0. The third-order valence-electron chi connectivity index (χ3n) is 2.54. The molecule has 0 aliphatic heterocycles. The Morgan fingerprint density at radius 2 is 2.11 bits per heavy atom. The van der Waals surface area contributed by atoms with Crippen LogP contribution in [0, 0.1) is 17.0 Å². The van der Waals surface area contributed by atoms with Crippen LogP contribution in [0.3, 0.4) is 0 Å². The highest BCUT2D eigenvalue weighted by molar-refractivity contribution is 7.89. The summed E-state index contributed by atoms with van der Waals surface area (Å²) < 4.78 is 26.1. The van der Waals surface area contributed by atoms with Gasteiger partial charge in [0.2, 0.25) is 10.0 Å². The summed E-state index contributed by atoms with van der Waals surface area (Å²) in [6, 6.07) is 3.73. The molecule has 1 aromatic carbocycles. The Bertz CT molecular complexity index is 568. The SMILES string of the molecule is Cc1ccc(S(=O)(=O)NCCC(C)O)cc1[N+](=O)[O-]. The molecule has 0 radical (unpaired) electrons. The van der Waals surface area contributed by atoms with Crippen LogP contribution >= 0.6 is 0 Å². The number of rotatable bonds is 6. The van der Waals surface area contributed by atoms with Crippen molar-refractivity contribution >= 4 is 15.7 Å². The van der Waals surface area contributed by atoms with Gasteiger partial charge in [0.1, 0.15) is 0 Å². The second-order valence-electron chi connectivity index (χ2n) is 4.24. The summed E-state index contributed by atoms with van der Waals surface area (Å²) in [5.74, 6) is 0. The van der Waals surface area contributed by atoms with Gasteiger partial charge < -0.3 is 5.11 Å². The number of aliphatic hydroxyl groups is 1. The standard InChI is InChI=1S/C11H16N2O5S/c1-8-3-4-10(7-11(8)13(15)16)19(17,18)12-6-5-9(2)14/h3-4,7,9,12,14H,5-6H2,1-2H3. The quantitative estimate of drug-likeness (QED) is 0.598. The molecule has 8 heteroatoms. The van der Waals surface area contributed by atoms with E-state index in [2.05, 4.69) is 4.72 Å². The van der Waals surface area contributed by atoms with Crippen LogP contribution < -0.4 is 4.72 Å². The Morgan fingerprint density at radius 1 is 1.47 bits per heavy atom. The molecule has 0 saturated carbocycles. The molecule has 0 aliphatic carbocycles. The first-order valence-electron chi connectivity index (χ1n) is 5.67. The van der Waals surface area contributed by atoms with Gasteiger partial charge in [-0.05, 0) is 26.3 Å². The lowest BCUT2D eigenvalue weighted by atomic mass is 10.2. The van der Waals surface area contributed by atoms with Crippen LogP contribution in [0.4, 0.5) is 5.69 Å². The Labute approximate surface area is 111 Å². The fourth-order valence-electron chi connectivity index (χ4n) is 1.44. The van der Waals surface area contributed by atoms with Crippen LogP contribution in [0.25, 0.3) is 0 Å². The molecule has 106 valence electrons. The van der Waals surface area contributed by atoms with Crippen LogP contribution in [-0.2, 0) is 10.0 Å². The normalized spacial score (nSPS) is 13.2. The van der Waals surface area contributed by atoms with E-state index in [-0.39, 0.29) is 23.5 Å². The van der Waals surface area contributed by atoms with Crippen molar-refractivity contribution in [3.05, 3.63) is 33.9 Å². The van der Waals surface area contributed by atoms with Crippen LogP contribution in [0.1, 0.15) is 18.9 Å². The molecule has 1 atom stereocenters. The van der Waals surface area contributed by atoms with E-state index in [0.29, 0.717) is 5.56 Å². The van der Waals surface area contributed by atoms with Crippen molar-refractivity contribution in [2.24, 2.45) is 0 Å². The maximum Gasteiger partial charge on any atom is 0.273 e. The fraction of sp³-hybridized carbons (Fsp3) is 0.455. The lowest BCUT2D eigenvalue weighted by Crippen LogP contribution is -2.26. The molecule has 7 nitrogen and oxygen atoms in total. The Morgan fingerprint density at radius 3 is 2.63 bits per heavy atom. The van der Waals surface area contributed by atoms with Crippen LogP contribution in [0.2, 0.25) is 0 Å². The summed E-state index contributed by atoms with van der Waals surface area (Å²) in [4.78, 5) is 9.98. The summed E-state index contributed by atoms with van der Waals surface area (Å²) in [6.45, 7) is 3.15. The van der Waals surface area contributed by atoms with Gasteiger partial charge in [-0.1, -0.05) is 6.07 Å². The number of benzene rings is 1. The summed E-state index contributed by atoms with van der Waals surface area (Å²) in [7, 11) is -3.79. The minimum atomic E-state index is -3.79. The Kier molecular flexibility index (Phi) is 4.98. The Hall–Kier alpha value is -1.51. The molecule has 0 amide bonds. The van der Waals surface area contributed by atoms with Gasteiger partial charge in [0.15, 0.2) is 0 Å². The van der Waals surface area contributed by atoms with Crippen molar-refractivity contribution in [1.82, 2.24) is 4.72 Å². The molecule has 0 aliphatic rings. The number of aryl methyl sites for hydroxylation is 1. The van der Waals surface area contributed by atoms with Gasteiger partial charge in [0.05, 0.1) is 15.9 Å². The molecular formula is C11H16N2O5S. The van der Waals surface area contributed by atoms with Crippen molar-refractivity contribution in [3.8, 4) is 0 Å². The number of nitrogens with one attached hydrogen (secondary N) is 1. The first-order valence-corrected chi connectivity index (χ1v) is 7.15. The average Bonchev–Trinajstić information content (AvgIpc) is 2.27. The zero-order chi connectivity index (χ0) is 14.6. The number of sulfonamides is 1. The second kappa shape index (κ2) is 6.09. The molecule has 1 unspecified atom stereocenters. The summed E-state index contributed by atoms with van der Waals surface area (Å²) in [6.07, 6.45) is -0.345. The van der Waals surface area contributed by atoms with E-state index in [1.165, 1.54) is 19.1 Å². The van der Waals surface area contributed by atoms with Gasteiger partial charge in [-0.3, -0.25) is 10.1 Å². The lowest BCUT2D eigenvalue weighted by molar-refractivity contribution is -0.385. The third-order valence-corrected chi connectivity index (χ3v) is 4.00. The largest absolute Gasteiger partial charge is 0.393 e. The number of nitrogens with zero attached hydrogens (tertiary/aromatic N) is 1. The predicted octanol–water partition coefficient (Wildman–Crippen LogP) is 0.952. The first-order chi connectivity index (χ1) is 8.74. The van der Waals surface area contributed by atoms with Crippen molar-refractivity contribution < 1.29 is 18.4 Å². The van der Waals surface area contributed by atoms with Gasteiger partial charge in [0.25, 0.3) is 5.69 Å². The van der Waals surface area contributed by atoms with Crippen LogP contribution in [0.15, 0.2) is 23.1 Å². The Balaban J connectivity index is 2.96. The van der Waals surface area contributed by atoms with Gasteiger partial charge in [0, 0.05) is 18.2 Å². The molecule has 0 heterocycles. The topological polar surface area (TPSA) is 110 Å². The highest BCUT2D eigenvalue weighted by Gasteiger charge is 2.19. The number of nitro groups is 1. The van der Waals surface area contributed by atoms with Gasteiger partial charge in [-0.25, -0.2) is 13.1 Å². The van der Waals surface area contributed by atoms with E-state index in [4.69, 9.17) is 5.11 Å². The van der Waals surface area contributed by atoms with Gasteiger partial charge in [-0.15, -0.1) is 0 Å². The molecule has 0 aromatic heterocycles. The predicted molar refractivity (Wildman–Crippen MR) is 69.3 cm³/mol. The average molecular weight is 288 g/mol. The summed E-state index contributed by atoms with van der Waals surface area (Å²) in [5, 5.41) is 19.8. The molecule has 2 N–H and O–H groups in total. The van der Waals surface area contributed by atoms with E-state index in [0.717, 1.165) is 6.07 Å². The van der Waals surface area contributed by atoms with Crippen molar-refractivity contribution in [2.75, 3.05) is 6.54 Å².